The number of rotatable bonds is 5. The normalized spacial score (nSPS) is 18.0. The number of aliphatic hydroxyl groups excluding tert-OH is 1. The van der Waals surface area contributed by atoms with Gasteiger partial charge in [0.25, 0.3) is 0 Å². The molecule has 2 heterocycles. The molecule has 3 heteroatoms. The fourth-order valence-corrected chi connectivity index (χ4v) is 3.80. The SMILES string of the molecule is CC.CC(C)C[C@@H](C1c2ccccc2-c2cncn21)[C@H](O)C(C)C. The van der Waals surface area contributed by atoms with E-state index >= 15 is 0 Å². The minimum Gasteiger partial charge on any atom is -0.392 e. The van der Waals surface area contributed by atoms with Gasteiger partial charge >= 0.3 is 0 Å². The Bertz CT molecular complexity index is 645. The molecule has 0 bridgehead atoms. The van der Waals surface area contributed by atoms with Crippen molar-refractivity contribution in [1.82, 2.24) is 9.55 Å². The van der Waals surface area contributed by atoms with Crippen LogP contribution in [-0.2, 0) is 0 Å². The highest BCUT2D eigenvalue weighted by Crippen LogP contribution is 2.46. The Kier molecular flexibility index (Phi) is 6.22. The van der Waals surface area contributed by atoms with Crippen LogP contribution in [0.1, 0.15) is 59.6 Å². The average Bonchev–Trinajstić information content (AvgIpc) is 3.14. The van der Waals surface area contributed by atoms with Gasteiger partial charge in [0.1, 0.15) is 0 Å². The molecule has 1 aromatic heterocycles. The van der Waals surface area contributed by atoms with Crippen LogP contribution in [0.3, 0.4) is 0 Å². The van der Waals surface area contributed by atoms with Crippen molar-refractivity contribution < 1.29 is 5.11 Å². The van der Waals surface area contributed by atoms with Crippen molar-refractivity contribution in [2.75, 3.05) is 0 Å². The van der Waals surface area contributed by atoms with E-state index < -0.39 is 0 Å². The molecular formula is C21H32N2O. The lowest BCUT2D eigenvalue weighted by Crippen LogP contribution is -2.34. The van der Waals surface area contributed by atoms with Crippen LogP contribution in [0.5, 0.6) is 0 Å². The average molecular weight is 329 g/mol. The van der Waals surface area contributed by atoms with Crippen molar-refractivity contribution >= 4 is 0 Å². The van der Waals surface area contributed by atoms with E-state index in [-0.39, 0.29) is 24.0 Å². The first-order valence-corrected chi connectivity index (χ1v) is 9.30. The van der Waals surface area contributed by atoms with Gasteiger partial charge in [-0.1, -0.05) is 65.8 Å². The molecule has 0 amide bonds. The lowest BCUT2D eigenvalue weighted by molar-refractivity contribution is 0.0364. The molecule has 132 valence electrons. The Labute approximate surface area is 146 Å². The standard InChI is InChI=1S/C19H26N2O.C2H6/c1-12(2)9-16(19(22)13(3)4)18-15-8-6-5-7-14(15)17-10-20-11-21(17)18;1-2/h5-8,10-13,16,18-19,22H,9H2,1-4H3;1-2H3/t16-,18?,19+;/m0./s1. The van der Waals surface area contributed by atoms with Gasteiger partial charge in [-0.25, -0.2) is 4.98 Å². The Hall–Kier alpha value is -1.61. The molecule has 0 saturated heterocycles. The molecule has 24 heavy (non-hydrogen) atoms. The summed E-state index contributed by atoms with van der Waals surface area (Å²) in [7, 11) is 0. The maximum Gasteiger partial charge on any atom is 0.0956 e. The molecule has 3 rings (SSSR count). The van der Waals surface area contributed by atoms with Gasteiger partial charge < -0.3 is 9.67 Å². The van der Waals surface area contributed by atoms with Gasteiger partial charge in [0.2, 0.25) is 0 Å². The van der Waals surface area contributed by atoms with E-state index in [4.69, 9.17) is 0 Å². The van der Waals surface area contributed by atoms with E-state index in [1.54, 1.807) is 0 Å². The van der Waals surface area contributed by atoms with Gasteiger partial charge in [-0.3, -0.25) is 0 Å². The number of hydrogen-bond acceptors (Lipinski definition) is 2. The third-order valence-corrected chi connectivity index (χ3v) is 4.79. The van der Waals surface area contributed by atoms with Crippen molar-refractivity contribution in [1.29, 1.82) is 0 Å². The summed E-state index contributed by atoms with van der Waals surface area (Å²) in [6.07, 6.45) is 4.55. The minimum atomic E-state index is -0.311. The molecule has 1 aliphatic heterocycles. The summed E-state index contributed by atoms with van der Waals surface area (Å²) in [5, 5.41) is 10.9. The molecule has 0 saturated carbocycles. The minimum absolute atomic E-state index is 0.188. The van der Waals surface area contributed by atoms with Crippen LogP contribution in [-0.4, -0.2) is 20.8 Å². The van der Waals surface area contributed by atoms with Crippen molar-refractivity contribution in [3.63, 3.8) is 0 Å². The van der Waals surface area contributed by atoms with Crippen LogP contribution in [0.2, 0.25) is 0 Å². The molecule has 3 nitrogen and oxygen atoms in total. The molecule has 1 unspecified atom stereocenters. The topological polar surface area (TPSA) is 38.0 Å². The Morgan fingerprint density at radius 2 is 1.79 bits per heavy atom. The van der Waals surface area contributed by atoms with Crippen LogP contribution in [0.4, 0.5) is 0 Å². The Balaban J connectivity index is 0.00000100. The van der Waals surface area contributed by atoms with E-state index in [2.05, 4.69) is 61.5 Å². The van der Waals surface area contributed by atoms with E-state index in [1.165, 1.54) is 16.8 Å². The summed E-state index contributed by atoms with van der Waals surface area (Å²) in [6.45, 7) is 12.7. The summed E-state index contributed by atoms with van der Waals surface area (Å²) in [5.74, 6) is 1.01. The molecule has 3 atom stereocenters. The first kappa shape index (κ1) is 18.7. The molecule has 1 aromatic carbocycles. The third-order valence-electron chi connectivity index (χ3n) is 4.79. The van der Waals surface area contributed by atoms with Crippen LogP contribution in [0.25, 0.3) is 11.3 Å². The van der Waals surface area contributed by atoms with Crippen molar-refractivity contribution in [2.24, 2.45) is 17.8 Å². The fraction of sp³-hybridized carbons (Fsp3) is 0.571. The first-order valence-electron chi connectivity index (χ1n) is 9.30. The molecule has 0 spiro atoms. The number of aliphatic hydroxyl groups is 1. The summed E-state index contributed by atoms with van der Waals surface area (Å²) < 4.78 is 2.25. The van der Waals surface area contributed by atoms with Gasteiger partial charge in [0.15, 0.2) is 0 Å². The zero-order valence-corrected chi connectivity index (χ0v) is 15.9. The van der Waals surface area contributed by atoms with Gasteiger partial charge in [-0.15, -0.1) is 0 Å². The number of aromatic nitrogens is 2. The maximum atomic E-state index is 10.9. The maximum absolute atomic E-state index is 10.9. The monoisotopic (exact) mass is 328 g/mol. The third kappa shape index (κ3) is 3.41. The predicted octanol–water partition coefficient (Wildman–Crippen LogP) is 5.16. The Morgan fingerprint density at radius 3 is 2.42 bits per heavy atom. The zero-order valence-electron chi connectivity index (χ0n) is 15.9. The van der Waals surface area contributed by atoms with Crippen LogP contribution < -0.4 is 0 Å². The number of hydrogen-bond donors (Lipinski definition) is 1. The number of imidazole rings is 1. The van der Waals surface area contributed by atoms with Crippen molar-refractivity contribution in [2.45, 2.75) is 60.1 Å². The Morgan fingerprint density at radius 1 is 1.12 bits per heavy atom. The predicted molar refractivity (Wildman–Crippen MR) is 101 cm³/mol. The second kappa shape index (κ2) is 7.98. The summed E-state index contributed by atoms with van der Waals surface area (Å²) in [6, 6.07) is 8.73. The van der Waals surface area contributed by atoms with Crippen molar-refractivity contribution in [3.05, 3.63) is 42.4 Å². The lowest BCUT2D eigenvalue weighted by atomic mass is 9.79. The summed E-state index contributed by atoms with van der Waals surface area (Å²) in [5.41, 5.74) is 3.75. The number of nitrogens with zero attached hydrogens (tertiary/aromatic N) is 2. The zero-order chi connectivity index (χ0) is 17.9. The van der Waals surface area contributed by atoms with E-state index in [0.29, 0.717) is 5.92 Å². The molecule has 0 aliphatic carbocycles. The lowest BCUT2D eigenvalue weighted by Gasteiger charge is -2.33. The highest BCUT2D eigenvalue weighted by molar-refractivity contribution is 5.69. The molecular weight excluding hydrogens is 296 g/mol. The van der Waals surface area contributed by atoms with Crippen LogP contribution >= 0.6 is 0 Å². The van der Waals surface area contributed by atoms with Crippen LogP contribution in [0, 0.1) is 17.8 Å². The summed E-state index contributed by atoms with van der Waals surface area (Å²) in [4.78, 5) is 4.34. The summed E-state index contributed by atoms with van der Waals surface area (Å²) >= 11 is 0. The first-order chi connectivity index (χ1) is 11.5. The molecule has 0 fully saturated rings. The second-order valence-electron chi connectivity index (χ2n) is 7.25. The number of benzene rings is 1. The van der Waals surface area contributed by atoms with E-state index in [9.17, 15) is 5.11 Å². The smallest absolute Gasteiger partial charge is 0.0956 e. The fourth-order valence-electron chi connectivity index (χ4n) is 3.80. The van der Waals surface area contributed by atoms with Gasteiger partial charge in [-0.2, -0.15) is 0 Å². The van der Waals surface area contributed by atoms with E-state index in [0.717, 1.165) is 6.42 Å². The van der Waals surface area contributed by atoms with Gasteiger partial charge in [-0.05, 0) is 23.8 Å². The molecule has 2 aromatic rings. The van der Waals surface area contributed by atoms with E-state index in [1.807, 2.05) is 26.4 Å². The molecule has 1 N–H and O–H groups in total. The highest BCUT2D eigenvalue weighted by atomic mass is 16.3. The quantitative estimate of drug-likeness (QED) is 0.823. The largest absolute Gasteiger partial charge is 0.392 e. The molecule has 0 radical (unpaired) electrons. The number of fused-ring (bicyclic) bond motifs is 3. The second-order valence-corrected chi connectivity index (χ2v) is 7.25. The molecule has 1 aliphatic rings. The van der Waals surface area contributed by atoms with Gasteiger partial charge in [0, 0.05) is 11.5 Å². The van der Waals surface area contributed by atoms with Gasteiger partial charge in [0.05, 0.1) is 30.4 Å². The van der Waals surface area contributed by atoms with Crippen molar-refractivity contribution in [3.8, 4) is 11.3 Å². The highest BCUT2D eigenvalue weighted by Gasteiger charge is 2.38. The van der Waals surface area contributed by atoms with Crippen LogP contribution in [0.15, 0.2) is 36.8 Å².